The molecule has 15 heavy (non-hydrogen) atoms. The molecule has 3 rings (SSSR count). The lowest BCUT2D eigenvalue weighted by Crippen LogP contribution is -2.11. The highest BCUT2D eigenvalue weighted by atomic mass is 16.5. The Morgan fingerprint density at radius 2 is 1.93 bits per heavy atom. The zero-order valence-electron chi connectivity index (χ0n) is 8.23. The third-order valence-corrected chi connectivity index (χ3v) is 2.70. The number of hydrogen-bond donors (Lipinski definition) is 1. The first-order valence-electron chi connectivity index (χ1n) is 4.99. The summed E-state index contributed by atoms with van der Waals surface area (Å²) in [4.78, 5) is 0. The molecular formula is C13H11NO. The highest BCUT2D eigenvalue weighted by Crippen LogP contribution is 2.33. The van der Waals surface area contributed by atoms with E-state index in [0.29, 0.717) is 5.88 Å². The minimum Gasteiger partial charge on any atom is -0.441 e. The van der Waals surface area contributed by atoms with Crippen LogP contribution in [0.4, 0.5) is 0 Å². The lowest BCUT2D eigenvalue weighted by molar-refractivity contribution is 0.409. The molecule has 2 N–H and O–H groups in total. The molecule has 2 aromatic carbocycles. The first-order valence-corrected chi connectivity index (χ1v) is 4.99. The normalized spacial score (nSPS) is 14.3. The molecule has 74 valence electrons. The van der Waals surface area contributed by atoms with Crippen LogP contribution in [0.15, 0.2) is 48.4 Å². The van der Waals surface area contributed by atoms with Crippen molar-refractivity contribution < 1.29 is 4.74 Å². The van der Waals surface area contributed by atoms with E-state index in [2.05, 4.69) is 24.3 Å². The monoisotopic (exact) mass is 197 g/mol. The number of fused-ring (bicyclic) bond motifs is 3. The molecule has 1 aliphatic heterocycles. The maximum Gasteiger partial charge on any atom is 0.187 e. The second kappa shape index (κ2) is 3.02. The van der Waals surface area contributed by atoms with Crippen LogP contribution in [0, 0.1) is 0 Å². The first-order chi connectivity index (χ1) is 7.34. The van der Waals surface area contributed by atoms with Gasteiger partial charge in [-0.15, -0.1) is 0 Å². The highest BCUT2D eigenvalue weighted by molar-refractivity contribution is 5.90. The first kappa shape index (κ1) is 8.36. The molecule has 2 heteroatoms. The van der Waals surface area contributed by atoms with Crippen LogP contribution in [-0.4, -0.2) is 0 Å². The summed E-state index contributed by atoms with van der Waals surface area (Å²) in [5.41, 5.74) is 6.88. The van der Waals surface area contributed by atoms with Gasteiger partial charge in [0.1, 0.15) is 5.75 Å². The summed E-state index contributed by atoms with van der Waals surface area (Å²) in [6.45, 7) is 0. The molecule has 0 fully saturated rings. The molecule has 0 amide bonds. The predicted molar refractivity (Wildman–Crippen MR) is 60.6 cm³/mol. The average molecular weight is 197 g/mol. The lowest BCUT2D eigenvalue weighted by Gasteiger charge is -2.17. The lowest BCUT2D eigenvalue weighted by atomic mass is 10.0. The number of nitrogens with two attached hydrogens (primary N) is 1. The van der Waals surface area contributed by atoms with Gasteiger partial charge in [-0.3, -0.25) is 0 Å². The molecule has 0 radical (unpaired) electrons. The largest absolute Gasteiger partial charge is 0.441 e. The summed E-state index contributed by atoms with van der Waals surface area (Å²) >= 11 is 0. The highest BCUT2D eigenvalue weighted by Gasteiger charge is 2.13. The van der Waals surface area contributed by atoms with Crippen molar-refractivity contribution in [1.29, 1.82) is 0 Å². The van der Waals surface area contributed by atoms with E-state index in [1.54, 1.807) is 0 Å². The van der Waals surface area contributed by atoms with Gasteiger partial charge in [0.25, 0.3) is 0 Å². The molecule has 0 spiro atoms. The van der Waals surface area contributed by atoms with Crippen molar-refractivity contribution in [3.8, 4) is 5.75 Å². The van der Waals surface area contributed by atoms with Crippen LogP contribution in [0.1, 0.15) is 5.56 Å². The topological polar surface area (TPSA) is 35.2 Å². The van der Waals surface area contributed by atoms with Crippen LogP contribution < -0.4 is 10.5 Å². The molecule has 0 aliphatic carbocycles. The predicted octanol–water partition coefficient (Wildman–Crippen LogP) is 2.57. The summed E-state index contributed by atoms with van der Waals surface area (Å²) in [5.74, 6) is 1.41. The third-order valence-electron chi connectivity index (χ3n) is 2.70. The zero-order valence-corrected chi connectivity index (χ0v) is 8.23. The van der Waals surface area contributed by atoms with Crippen molar-refractivity contribution in [1.82, 2.24) is 0 Å². The van der Waals surface area contributed by atoms with E-state index < -0.39 is 0 Å². The Balaban J connectivity index is 2.31. The van der Waals surface area contributed by atoms with Gasteiger partial charge >= 0.3 is 0 Å². The summed E-state index contributed by atoms with van der Waals surface area (Å²) in [7, 11) is 0. The van der Waals surface area contributed by atoms with Crippen molar-refractivity contribution in [3.05, 3.63) is 53.9 Å². The molecule has 0 saturated heterocycles. The fraction of sp³-hybridized carbons (Fsp3) is 0.0769. The van der Waals surface area contributed by atoms with E-state index in [1.165, 1.54) is 10.9 Å². The van der Waals surface area contributed by atoms with Crippen LogP contribution >= 0.6 is 0 Å². The van der Waals surface area contributed by atoms with Crippen molar-refractivity contribution in [2.45, 2.75) is 6.42 Å². The second-order valence-corrected chi connectivity index (χ2v) is 3.69. The zero-order chi connectivity index (χ0) is 10.3. The van der Waals surface area contributed by atoms with Crippen LogP contribution in [0.3, 0.4) is 0 Å². The van der Waals surface area contributed by atoms with Crippen LogP contribution in [0.25, 0.3) is 10.8 Å². The molecule has 1 aliphatic rings. The van der Waals surface area contributed by atoms with E-state index in [4.69, 9.17) is 10.5 Å². The molecule has 0 atom stereocenters. The van der Waals surface area contributed by atoms with Gasteiger partial charge < -0.3 is 10.5 Å². The van der Waals surface area contributed by atoms with E-state index in [-0.39, 0.29) is 0 Å². The number of rotatable bonds is 0. The van der Waals surface area contributed by atoms with Crippen LogP contribution in [0.5, 0.6) is 5.75 Å². The van der Waals surface area contributed by atoms with Crippen molar-refractivity contribution in [3.63, 3.8) is 0 Å². The van der Waals surface area contributed by atoms with Gasteiger partial charge in [-0.1, -0.05) is 36.4 Å². The molecule has 0 saturated carbocycles. The SMILES string of the molecule is NC1=CCc2ccc3ccccc3c2O1. The summed E-state index contributed by atoms with van der Waals surface area (Å²) < 4.78 is 5.58. The van der Waals surface area contributed by atoms with Gasteiger partial charge in [0, 0.05) is 5.39 Å². The van der Waals surface area contributed by atoms with Gasteiger partial charge in [-0.2, -0.15) is 0 Å². The van der Waals surface area contributed by atoms with E-state index in [0.717, 1.165) is 17.6 Å². The molecule has 2 aromatic rings. The number of ether oxygens (including phenoxy) is 1. The molecule has 0 bridgehead atoms. The minimum absolute atomic E-state index is 0.499. The second-order valence-electron chi connectivity index (χ2n) is 3.69. The summed E-state index contributed by atoms with van der Waals surface area (Å²) in [5, 5.41) is 2.32. The summed E-state index contributed by atoms with van der Waals surface area (Å²) in [6.07, 6.45) is 2.75. The quantitative estimate of drug-likeness (QED) is 0.704. The number of hydrogen-bond acceptors (Lipinski definition) is 2. The van der Waals surface area contributed by atoms with Gasteiger partial charge in [0.05, 0.1) is 0 Å². The Labute approximate surface area is 88.0 Å². The molecular weight excluding hydrogens is 186 g/mol. The van der Waals surface area contributed by atoms with E-state index in [1.807, 2.05) is 18.2 Å². The molecule has 2 nitrogen and oxygen atoms in total. The van der Waals surface area contributed by atoms with Crippen LogP contribution in [-0.2, 0) is 6.42 Å². The Morgan fingerprint density at radius 3 is 2.87 bits per heavy atom. The Hall–Kier alpha value is -1.96. The smallest absolute Gasteiger partial charge is 0.187 e. The third kappa shape index (κ3) is 1.26. The van der Waals surface area contributed by atoms with Crippen molar-refractivity contribution in [2.24, 2.45) is 5.73 Å². The molecule has 0 unspecified atom stereocenters. The Morgan fingerprint density at radius 1 is 1.07 bits per heavy atom. The standard InChI is InChI=1S/C13H11NO/c14-12-8-7-10-6-5-9-3-1-2-4-11(9)13(10)15-12/h1-6,8H,7,14H2. The van der Waals surface area contributed by atoms with Gasteiger partial charge in [-0.05, 0) is 23.4 Å². The maximum absolute atomic E-state index is 5.68. The maximum atomic E-state index is 5.68. The number of allylic oxidation sites excluding steroid dienone is 1. The van der Waals surface area contributed by atoms with Crippen molar-refractivity contribution in [2.75, 3.05) is 0 Å². The number of benzene rings is 2. The summed E-state index contributed by atoms with van der Waals surface area (Å²) in [6, 6.07) is 12.4. The molecule has 0 aromatic heterocycles. The van der Waals surface area contributed by atoms with E-state index in [9.17, 15) is 0 Å². The Bertz CT molecular complexity index is 557. The minimum atomic E-state index is 0.499. The Kier molecular flexibility index (Phi) is 1.68. The van der Waals surface area contributed by atoms with Gasteiger partial charge in [-0.25, -0.2) is 0 Å². The molecule has 1 heterocycles. The average Bonchev–Trinajstić information content (AvgIpc) is 2.29. The van der Waals surface area contributed by atoms with E-state index >= 15 is 0 Å². The van der Waals surface area contributed by atoms with Crippen molar-refractivity contribution >= 4 is 10.8 Å². The fourth-order valence-corrected chi connectivity index (χ4v) is 1.94. The van der Waals surface area contributed by atoms with Gasteiger partial charge in [0.15, 0.2) is 5.88 Å². The van der Waals surface area contributed by atoms with Crippen LogP contribution in [0.2, 0.25) is 0 Å². The van der Waals surface area contributed by atoms with Gasteiger partial charge in [0.2, 0.25) is 0 Å². The fourth-order valence-electron chi connectivity index (χ4n) is 1.94.